The monoisotopic (exact) mass is 355 g/mol. The Morgan fingerprint density at radius 1 is 1.08 bits per heavy atom. The fourth-order valence-corrected chi connectivity index (χ4v) is 3.60. The van der Waals surface area contributed by atoms with Gasteiger partial charge in [0.15, 0.2) is 5.78 Å². The van der Waals surface area contributed by atoms with Crippen molar-refractivity contribution in [1.29, 1.82) is 0 Å². The summed E-state index contributed by atoms with van der Waals surface area (Å²) in [5.41, 5.74) is 2.30. The van der Waals surface area contributed by atoms with Gasteiger partial charge in [0.05, 0.1) is 5.92 Å². The molecule has 0 saturated heterocycles. The molecule has 1 aliphatic rings. The van der Waals surface area contributed by atoms with Crippen molar-refractivity contribution in [2.24, 2.45) is 17.8 Å². The summed E-state index contributed by atoms with van der Waals surface area (Å²) < 4.78 is 0. The number of carbonyl (C=O) groups excluding carboxylic acids is 2. The topological polar surface area (TPSA) is 47.0 Å². The second-order valence-electron chi connectivity index (χ2n) is 6.99. The largest absolute Gasteiger partial charge is 0.299 e. The van der Waals surface area contributed by atoms with E-state index >= 15 is 0 Å². The number of rotatable bonds is 3. The van der Waals surface area contributed by atoms with Crippen LogP contribution in [0.2, 0.25) is 5.02 Å². The van der Waals surface area contributed by atoms with E-state index in [1.807, 2.05) is 37.3 Å². The molecule has 1 saturated carbocycles. The zero-order valence-corrected chi connectivity index (χ0v) is 15.3. The Morgan fingerprint density at radius 3 is 2.52 bits per heavy atom. The standard InChI is InChI=1S/C21H22ClNO2/c1-13-4-3-5-19(20(24)14(13)2)21(25)17-10-16(11-23-12-17)15-6-8-18(22)9-7-15/h6-14,19H,3-5H2,1-2H3. The second kappa shape index (κ2) is 7.49. The van der Waals surface area contributed by atoms with Crippen LogP contribution in [-0.4, -0.2) is 16.6 Å². The maximum atomic E-state index is 13.0. The first-order valence-corrected chi connectivity index (χ1v) is 9.14. The first-order chi connectivity index (χ1) is 12.0. The van der Waals surface area contributed by atoms with E-state index in [-0.39, 0.29) is 17.5 Å². The van der Waals surface area contributed by atoms with Crippen LogP contribution in [0.5, 0.6) is 0 Å². The van der Waals surface area contributed by atoms with Gasteiger partial charge in [0.25, 0.3) is 0 Å². The molecule has 0 N–H and O–H groups in total. The summed E-state index contributed by atoms with van der Waals surface area (Å²) in [5, 5.41) is 0.663. The van der Waals surface area contributed by atoms with E-state index in [0.717, 1.165) is 24.0 Å². The van der Waals surface area contributed by atoms with E-state index in [9.17, 15) is 9.59 Å². The number of carbonyl (C=O) groups is 2. The molecule has 25 heavy (non-hydrogen) atoms. The molecule has 0 aliphatic heterocycles. The van der Waals surface area contributed by atoms with Gasteiger partial charge in [0.2, 0.25) is 0 Å². The average molecular weight is 356 g/mol. The number of ketones is 2. The molecule has 0 spiro atoms. The van der Waals surface area contributed by atoms with Crippen LogP contribution in [0.15, 0.2) is 42.7 Å². The van der Waals surface area contributed by atoms with E-state index in [1.165, 1.54) is 0 Å². The highest BCUT2D eigenvalue weighted by Crippen LogP contribution is 2.31. The lowest BCUT2D eigenvalue weighted by Crippen LogP contribution is -2.29. The van der Waals surface area contributed by atoms with Gasteiger partial charge in [-0.25, -0.2) is 0 Å². The van der Waals surface area contributed by atoms with Gasteiger partial charge < -0.3 is 0 Å². The third-order valence-corrected chi connectivity index (χ3v) is 5.57. The van der Waals surface area contributed by atoms with E-state index in [0.29, 0.717) is 22.9 Å². The molecule has 3 rings (SSSR count). The highest BCUT2D eigenvalue weighted by molar-refractivity contribution is 6.30. The van der Waals surface area contributed by atoms with Crippen LogP contribution < -0.4 is 0 Å². The van der Waals surface area contributed by atoms with Gasteiger partial charge in [-0.3, -0.25) is 14.6 Å². The number of aromatic nitrogens is 1. The quantitative estimate of drug-likeness (QED) is 0.430. The molecule has 1 heterocycles. The van der Waals surface area contributed by atoms with Crippen molar-refractivity contribution in [3.63, 3.8) is 0 Å². The van der Waals surface area contributed by atoms with Crippen molar-refractivity contribution in [2.75, 3.05) is 0 Å². The zero-order chi connectivity index (χ0) is 18.0. The molecule has 1 fully saturated rings. The Kier molecular flexibility index (Phi) is 5.33. The van der Waals surface area contributed by atoms with Crippen molar-refractivity contribution < 1.29 is 9.59 Å². The smallest absolute Gasteiger partial charge is 0.174 e. The van der Waals surface area contributed by atoms with Gasteiger partial charge in [-0.05, 0) is 42.5 Å². The third kappa shape index (κ3) is 3.82. The first kappa shape index (κ1) is 17.8. The summed E-state index contributed by atoms with van der Waals surface area (Å²) >= 11 is 5.93. The molecule has 1 aliphatic carbocycles. The number of Topliss-reactive ketones (excluding diaryl/α,β-unsaturated/α-hetero) is 2. The van der Waals surface area contributed by atoms with Crippen LogP contribution in [0.4, 0.5) is 0 Å². The predicted molar refractivity (Wildman–Crippen MR) is 99.7 cm³/mol. The normalized spacial score (nSPS) is 24.0. The summed E-state index contributed by atoms with van der Waals surface area (Å²) in [5.74, 6) is -0.295. The average Bonchev–Trinajstić information content (AvgIpc) is 2.75. The van der Waals surface area contributed by atoms with Crippen LogP contribution in [0.3, 0.4) is 0 Å². The number of halogens is 1. The summed E-state index contributed by atoms with van der Waals surface area (Å²) in [6.07, 6.45) is 5.84. The van der Waals surface area contributed by atoms with Gasteiger partial charge in [0.1, 0.15) is 5.78 Å². The summed E-state index contributed by atoms with van der Waals surface area (Å²) in [7, 11) is 0. The molecule has 3 nitrogen and oxygen atoms in total. The lowest BCUT2D eigenvalue weighted by molar-refractivity contribution is -0.125. The second-order valence-corrected chi connectivity index (χ2v) is 7.42. The highest BCUT2D eigenvalue weighted by Gasteiger charge is 2.35. The van der Waals surface area contributed by atoms with E-state index in [4.69, 9.17) is 11.6 Å². The number of hydrogen-bond acceptors (Lipinski definition) is 3. The van der Waals surface area contributed by atoms with Crippen molar-refractivity contribution in [3.8, 4) is 11.1 Å². The zero-order valence-electron chi connectivity index (χ0n) is 14.5. The van der Waals surface area contributed by atoms with Gasteiger partial charge in [-0.15, -0.1) is 0 Å². The minimum Gasteiger partial charge on any atom is -0.299 e. The Labute approximate surface area is 153 Å². The predicted octanol–water partition coefficient (Wildman–Crippen LogP) is 5.23. The van der Waals surface area contributed by atoms with Crippen LogP contribution in [-0.2, 0) is 4.79 Å². The van der Waals surface area contributed by atoms with Crippen LogP contribution in [0.25, 0.3) is 11.1 Å². The van der Waals surface area contributed by atoms with E-state index in [1.54, 1.807) is 12.4 Å². The maximum Gasteiger partial charge on any atom is 0.174 e. The Balaban J connectivity index is 1.88. The Hall–Kier alpha value is -2.00. The van der Waals surface area contributed by atoms with Gasteiger partial charge in [0, 0.05) is 34.5 Å². The molecule has 3 atom stereocenters. The molecule has 0 radical (unpaired) electrons. The van der Waals surface area contributed by atoms with E-state index in [2.05, 4.69) is 11.9 Å². The number of nitrogens with zero attached hydrogens (tertiary/aromatic N) is 1. The molecule has 1 aromatic carbocycles. The number of benzene rings is 1. The first-order valence-electron chi connectivity index (χ1n) is 8.76. The SMILES string of the molecule is CC1CCCC(C(=O)c2cncc(-c3ccc(Cl)cc3)c2)C(=O)C1C. The van der Waals surface area contributed by atoms with Crippen molar-refractivity contribution >= 4 is 23.2 Å². The summed E-state index contributed by atoms with van der Waals surface area (Å²) in [6, 6.07) is 9.24. The number of pyridine rings is 1. The molecular weight excluding hydrogens is 334 g/mol. The molecule has 0 bridgehead atoms. The molecule has 3 unspecified atom stereocenters. The molecular formula is C21H22ClNO2. The molecule has 1 aromatic heterocycles. The van der Waals surface area contributed by atoms with Gasteiger partial charge in [-0.1, -0.05) is 44.0 Å². The minimum absolute atomic E-state index is 0.0659. The van der Waals surface area contributed by atoms with Gasteiger partial charge in [-0.2, -0.15) is 0 Å². The lowest BCUT2D eigenvalue weighted by atomic mass is 9.84. The van der Waals surface area contributed by atoms with E-state index < -0.39 is 5.92 Å². The van der Waals surface area contributed by atoms with Crippen molar-refractivity contribution in [1.82, 2.24) is 4.98 Å². The van der Waals surface area contributed by atoms with Crippen LogP contribution in [0.1, 0.15) is 43.5 Å². The van der Waals surface area contributed by atoms with Crippen molar-refractivity contribution in [2.45, 2.75) is 33.1 Å². The van der Waals surface area contributed by atoms with Crippen LogP contribution >= 0.6 is 11.6 Å². The molecule has 2 aromatic rings. The minimum atomic E-state index is -0.540. The summed E-state index contributed by atoms with van der Waals surface area (Å²) in [6.45, 7) is 4.04. The van der Waals surface area contributed by atoms with Crippen LogP contribution in [0, 0.1) is 17.8 Å². The van der Waals surface area contributed by atoms with Crippen molar-refractivity contribution in [3.05, 3.63) is 53.3 Å². The fraction of sp³-hybridized carbons (Fsp3) is 0.381. The summed E-state index contributed by atoms with van der Waals surface area (Å²) in [4.78, 5) is 29.9. The molecule has 130 valence electrons. The Bertz CT molecular complexity index is 785. The fourth-order valence-electron chi connectivity index (χ4n) is 3.47. The third-order valence-electron chi connectivity index (χ3n) is 5.31. The molecule has 0 amide bonds. The lowest BCUT2D eigenvalue weighted by Gasteiger charge is -2.18. The Morgan fingerprint density at radius 2 is 1.80 bits per heavy atom. The highest BCUT2D eigenvalue weighted by atomic mass is 35.5. The maximum absolute atomic E-state index is 13.0. The number of hydrogen-bond donors (Lipinski definition) is 0. The van der Waals surface area contributed by atoms with Gasteiger partial charge >= 0.3 is 0 Å². The molecule has 4 heteroatoms.